The molecule has 1 heterocycles. The second-order valence-corrected chi connectivity index (χ2v) is 3.28. The number of anilines is 1. The molecule has 72 valence electrons. The number of aromatic nitrogens is 2. The average Bonchev–Trinajstić information content (AvgIpc) is 2.70. The van der Waals surface area contributed by atoms with Gasteiger partial charge in [-0.25, -0.2) is 4.98 Å². The summed E-state index contributed by atoms with van der Waals surface area (Å²) in [4.78, 5) is 7.25. The van der Waals surface area contributed by atoms with Crippen molar-refractivity contribution in [3.8, 4) is 0 Å². The van der Waals surface area contributed by atoms with Crippen LogP contribution in [0.15, 0.2) is 36.7 Å². The zero-order valence-corrected chi connectivity index (χ0v) is 7.90. The van der Waals surface area contributed by atoms with Gasteiger partial charge in [0.1, 0.15) is 5.82 Å². The highest BCUT2D eigenvalue weighted by atomic mass is 14.9. The topological polar surface area (TPSA) is 54.7 Å². The van der Waals surface area contributed by atoms with Crippen LogP contribution in [0.1, 0.15) is 11.4 Å². The molecule has 0 aliphatic carbocycles. The molecule has 3 N–H and O–H groups in total. The molecule has 0 saturated carbocycles. The minimum Gasteiger partial charge on any atom is -0.399 e. The van der Waals surface area contributed by atoms with E-state index >= 15 is 0 Å². The van der Waals surface area contributed by atoms with Crippen LogP contribution in [0.3, 0.4) is 0 Å². The summed E-state index contributed by atoms with van der Waals surface area (Å²) in [7, 11) is 0. The summed E-state index contributed by atoms with van der Waals surface area (Å²) in [5.41, 5.74) is 7.70. The zero-order valence-electron chi connectivity index (χ0n) is 7.90. The number of hydrogen-bond donors (Lipinski definition) is 2. The van der Waals surface area contributed by atoms with Crippen LogP contribution in [0.2, 0.25) is 0 Å². The van der Waals surface area contributed by atoms with Crippen molar-refractivity contribution in [2.75, 3.05) is 5.73 Å². The van der Waals surface area contributed by atoms with Crippen molar-refractivity contribution in [1.82, 2.24) is 9.97 Å². The van der Waals surface area contributed by atoms with E-state index in [1.165, 1.54) is 5.56 Å². The third-order valence-electron chi connectivity index (χ3n) is 2.19. The molecule has 0 bridgehead atoms. The highest BCUT2D eigenvalue weighted by Gasteiger charge is 1.96. The van der Waals surface area contributed by atoms with Crippen LogP contribution >= 0.6 is 0 Å². The summed E-state index contributed by atoms with van der Waals surface area (Å²) in [5.74, 6) is 1.03. The van der Waals surface area contributed by atoms with Crippen molar-refractivity contribution in [2.45, 2.75) is 12.8 Å². The lowest BCUT2D eigenvalue weighted by atomic mass is 10.1. The van der Waals surface area contributed by atoms with Crippen LogP contribution in [0.25, 0.3) is 0 Å². The minimum atomic E-state index is 0.812. The summed E-state index contributed by atoms with van der Waals surface area (Å²) >= 11 is 0. The van der Waals surface area contributed by atoms with Gasteiger partial charge in [-0.05, 0) is 24.1 Å². The van der Waals surface area contributed by atoms with Crippen LogP contribution in [-0.4, -0.2) is 9.97 Å². The molecule has 0 atom stereocenters. The first-order valence-electron chi connectivity index (χ1n) is 4.67. The Balaban J connectivity index is 1.95. The molecule has 1 aromatic carbocycles. The van der Waals surface area contributed by atoms with Crippen LogP contribution in [0, 0.1) is 0 Å². The maximum atomic E-state index is 5.60. The lowest BCUT2D eigenvalue weighted by molar-refractivity contribution is 0.884. The van der Waals surface area contributed by atoms with Gasteiger partial charge in [0.2, 0.25) is 0 Å². The minimum absolute atomic E-state index is 0.812. The van der Waals surface area contributed by atoms with Crippen molar-refractivity contribution in [2.24, 2.45) is 0 Å². The van der Waals surface area contributed by atoms with Gasteiger partial charge in [-0.1, -0.05) is 12.1 Å². The van der Waals surface area contributed by atoms with E-state index in [1.54, 1.807) is 6.20 Å². The Kier molecular flexibility index (Phi) is 2.49. The maximum Gasteiger partial charge on any atom is 0.106 e. The highest BCUT2D eigenvalue weighted by Crippen LogP contribution is 2.07. The van der Waals surface area contributed by atoms with Crippen molar-refractivity contribution in [3.63, 3.8) is 0 Å². The molecular weight excluding hydrogens is 174 g/mol. The molecule has 0 amide bonds. The Morgan fingerprint density at radius 2 is 1.93 bits per heavy atom. The van der Waals surface area contributed by atoms with Gasteiger partial charge in [0.25, 0.3) is 0 Å². The Morgan fingerprint density at radius 1 is 1.14 bits per heavy atom. The Hall–Kier alpha value is -1.77. The second kappa shape index (κ2) is 3.96. The lowest BCUT2D eigenvalue weighted by Gasteiger charge is -1.99. The van der Waals surface area contributed by atoms with E-state index in [0.29, 0.717) is 0 Å². The predicted octanol–water partition coefficient (Wildman–Crippen LogP) is 1.78. The van der Waals surface area contributed by atoms with E-state index in [-0.39, 0.29) is 0 Å². The van der Waals surface area contributed by atoms with E-state index in [0.717, 1.165) is 24.4 Å². The average molecular weight is 187 g/mol. The fourth-order valence-electron chi connectivity index (χ4n) is 1.38. The molecule has 3 heteroatoms. The summed E-state index contributed by atoms with van der Waals surface area (Å²) in [6.45, 7) is 0. The van der Waals surface area contributed by atoms with E-state index in [4.69, 9.17) is 5.73 Å². The second-order valence-electron chi connectivity index (χ2n) is 3.28. The first-order valence-corrected chi connectivity index (χ1v) is 4.67. The van der Waals surface area contributed by atoms with Crippen molar-refractivity contribution < 1.29 is 0 Å². The van der Waals surface area contributed by atoms with Gasteiger partial charge < -0.3 is 10.7 Å². The van der Waals surface area contributed by atoms with E-state index < -0.39 is 0 Å². The normalized spacial score (nSPS) is 10.3. The van der Waals surface area contributed by atoms with Gasteiger partial charge in [0.05, 0.1) is 0 Å². The number of rotatable bonds is 3. The van der Waals surface area contributed by atoms with E-state index in [1.807, 2.05) is 18.3 Å². The van der Waals surface area contributed by atoms with Gasteiger partial charge in [-0.15, -0.1) is 0 Å². The molecule has 0 unspecified atom stereocenters. The standard InChI is InChI=1S/C11H13N3/c12-10-4-1-9(2-5-10)3-6-11-13-7-8-14-11/h1-2,4-5,7-8H,3,6,12H2,(H,13,14). The Bertz CT molecular complexity index is 375. The van der Waals surface area contributed by atoms with Gasteiger partial charge in [0, 0.05) is 24.5 Å². The number of aromatic amines is 1. The number of hydrogen-bond acceptors (Lipinski definition) is 2. The fraction of sp³-hybridized carbons (Fsp3) is 0.182. The molecule has 0 fully saturated rings. The number of nitrogens with zero attached hydrogens (tertiary/aromatic N) is 1. The predicted molar refractivity (Wildman–Crippen MR) is 56.9 cm³/mol. The van der Waals surface area contributed by atoms with Crippen LogP contribution in [0.4, 0.5) is 5.69 Å². The number of benzene rings is 1. The Labute approximate surface area is 83.0 Å². The molecule has 0 aliphatic rings. The van der Waals surface area contributed by atoms with Crippen LogP contribution in [-0.2, 0) is 12.8 Å². The zero-order chi connectivity index (χ0) is 9.80. The summed E-state index contributed by atoms with van der Waals surface area (Å²) in [6, 6.07) is 7.96. The number of nitrogen functional groups attached to an aromatic ring is 1. The number of nitrogens with two attached hydrogens (primary N) is 1. The van der Waals surface area contributed by atoms with Crippen LogP contribution < -0.4 is 5.73 Å². The molecule has 0 spiro atoms. The van der Waals surface area contributed by atoms with E-state index in [2.05, 4.69) is 22.1 Å². The first-order chi connectivity index (χ1) is 6.84. The number of H-pyrrole nitrogens is 1. The monoisotopic (exact) mass is 187 g/mol. The molecule has 3 nitrogen and oxygen atoms in total. The summed E-state index contributed by atoms with van der Waals surface area (Å²) in [6.07, 6.45) is 5.56. The molecular formula is C11H13N3. The molecule has 2 aromatic rings. The quantitative estimate of drug-likeness (QED) is 0.719. The largest absolute Gasteiger partial charge is 0.399 e. The highest BCUT2D eigenvalue weighted by molar-refractivity contribution is 5.39. The molecule has 1 aromatic heterocycles. The molecule has 0 saturated heterocycles. The van der Waals surface area contributed by atoms with Crippen molar-refractivity contribution in [3.05, 3.63) is 48.0 Å². The maximum absolute atomic E-state index is 5.60. The number of nitrogens with one attached hydrogen (secondary N) is 1. The molecule has 2 rings (SSSR count). The summed E-state index contributed by atoms with van der Waals surface area (Å²) < 4.78 is 0. The van der Waals surface area contributed by atoms with Gasteiger partial charge in [-0.3, -0.25) is 0 Å². The first kappa shape index (κ1) is 8.81. The van der Waals surface area contributed by atoms with Gasteiger partial charge in [-0.2, -0.15) is 0 Å². The number of aryl methyl sites for hydroxylation is 2. The fourth-order valence-corrected chi connectivity index (χ4v) is 1.38. The van der Waals surface area contributed by atoms with Crippen LogP contribution in [0.5, 0.6) is 0 Å². The molecule has 14 heavy (non-hydrogen) atoms. The van der Waals surface area contributed by atoms with Gasteiger partial charge >= 0.3 is 0 Å². The van der Waals surface area contributed by atoms with Gasteiger partial charge in [0.15, 0.2) is 0 Å². The smallest absolute Gasteiger partial charge is 0.106 e. The summed E-state index contributed by atoms with van der Waals surface area (Å²) in [5, 5.41) is 0. The number of imidazole rings is 1. The van der Waals surface area contributed by atoms with E-state index in [9.17, 15) is 0 Å². The third kappa shape index (κ3) is 2.13. The van der Waals surface area contributed by atoms with Crippen molar-refractivity contribution in [1.29, 1.82) is 0 Å². The molecule has 0 radical (unpaired) electrons. The Morgan fingerprint density at radius 3 is 2.57 bits per heavy atom. The SMILES string of the molecule is Nc1ccc(CCc2ncc[nH]2)cc1. The molecule has 0 aliphatic heterocycles. The lowest BCUT2D eigenvalue weighted by Crippen LogP contribution is -1.93. The third-order valence-corrected chi connectivity index (χ3v) is 2.19. The van der Waals surface area contributed by atoms with Crippen molar-refractivity contribution >= 4 is 5.69 Å².